The van der Waals surface area contributed by atoms with Gasteiger partial charge in [0.2, 0.25) is 5.91 Å². The molecule has 0 fully saturated rings. The highest BCUT2D eigenvalue weighted by Gasteiger charge is 2.22. The lowest BCUT2D eigenvalue weighted by molar-refractivity contribution is -0.122. The Labute approximate surface area is 158 Å². The Morgan fingerprint density at radius 1 is 1.07 bits per heavy atom. The number of primary amides is 2. The van der Waals surface area contributed by atoms with Crippen LogP contribution in [0, 0.1) is 12.8 Å². The Kier molecular flexibility index (Phi) is 6.96. The summed E-state index contributed by atoms with van der Waals surface area (Å²) < 4.78 is 0. The van der Waals surface area contributed by atoms with Gasteiger partial charge in [0, 0.05) is 5.92 Å². The van der Waals surface area contributed by atoms with E-state index in [0.717, 1.165) is 5.56 Å². The van der Waals surface area contributed by atoms with Gasteiger partial charge in [0.15, 0.2) is 0 Å². The van der Waals surface area contributed by atoms with E-state index >= 15 is 0 Å². The molecule has 2 atom stereocenters. The quantitative estimate of drug-likeness (QED) is 0.537. The van der Waals surface area contributed by atoms with Crippen LogP contribution in [0.2, 0.25) is 0 Å². The lowest BCUT2D eigenvalue weighted by atomic mass is 9.89. The number of carbonyl (C=O) groups excluding carboxylic acids is 2. The zero-order valence-corrected chi connectivity index (χ0v) is 15.4. The second kappa shape index (κ2) is 9.19. The van der Waals surface area contributed by atoms with E-state index < -0.39 is 23.8 Å². The molecule has 6 heteroatoms. The molecule has 2 aromatic rings. The fourth-order valence-corrected chi connectivity index (χ4v) is 3.17. The molecule has 6 N–H and O–H groups in total. The van der Waals surface area contributed by atoms with Crippen LogP contribution in [0.25, 0.3) is 0 Å². The van der Waals surface area contributed by atoms with Crippen molar-refractivity contribution in [1.82, 2.24) is 0 Å². The Morgan fingerprint density at radius 2 is 1.74 bits per heavy atom. The minimum Gasteiger partial charge on any atom is -0.507 e. The topological polar surface area (TPSA) is 127 Å². The first kappa shape index (κ1) is 20.5. The normalized spacial score (nSPS) is 13.1. The molecule has 144 valence electrons. The average molecular weight is 370 g/mol. The van der Waals surface area contributed by atoms with Crippen molar-refractivity contribution < 1.29 is 19.8 Å². The molecule has 0 saturated heterocycles. The first-order valence-corrected chi connectivity index (χ1v) is 8.91. The third kappa shape index (κ3) is 5.82. The smallest absolute Gasteiger partial charge is 0.252 e. The SMILES string of the molecule is Cc1cc(CC(CC(O)CCc2ccccc2)C(N)=O)cc(C(N)=O)c1O. The van der Waals surface area contributed by atoms with Crippen molar-refractivity contribution in [1.29, 1.82) is 0 Å². The van der Waals surface area contributed by atoms with E-state index in [9.17, 15) is 19.8 Å². The molecule has 2 aromatic carbocycles. The summed E-state index contributed by atoms with van der Waals surface area (Å²) in [7, 11) is 0. The first-order valence-electron chi connectivity index (χ1n) is 8.91. The van der Waals surface area contributed by atoms with E-state index in [1.165, 1.54) is 6.07 Å². The number of aryl methyl sites for hydroxylation is 2. The van der Waals surface area contributed by atoms with Gasteiger partial charge in [0.05, 0.1) is 11.7 Å². The van der Waals surface area contributed by atoms with Gasteiger partial charge in [-0.1, -0.05) is 36.4 Å². The number of aliphatic hydroxyl groups excluding tert-OH is 1. The molecule has 0 aliphatic carbocycles. The molecule has 27 heavy (non-hydrogen) atoms. The van der Waals surface area contributed by atoms with E-state index in [0.29, 0.717) is 24.0 Å². The second-order valence-corrected chi connectivity index (χ2v) is 6.89. The Bertz CT molecular complexity index is 805. The fraction of sp³-hybridized carbons (Fsp3) is 0.333. The van der Waals surface area contributed by atoms with E-state index in [1.54, 1.807) is 13.0 Å². The summed E-state index contributed by atoms with van der Waals surface area (Å²) in [6, 6.07) is 13.0. The van der Waals surface area contributed by atoms with Crippen molar-refractivity contribution in [3.8, 4) is 5.75 Å². The number of phenols is 1. The van der Waals surface area contributed by atoms with Crippen molar-refractivity contribution in [3.63, 3.8) is 0 Å². The second-order valence-electron chi connectivity index (χ2n) is 6.89. The Hall–Kier alpha value is -2.86. The van der Waals surface area contributed by atoms with Crippen LogP contribution in [-0.2, 0) is 17.6 Å². The average Bonchev–Trinajstić information content (AvgIpc) is 2.62. The molecule has 0 spiro atoms. The summed E-state index contributed by atoms with van der Waals surface area (Å²) in [5.41, 5.74) is 13.1. The van der Waals surface area contributed by atoms with E-state index in [-0.39, 0.29) is 24.2 Å². The van der Waals surface area contributed by atoms with Gasteiger partial charge in [0.25, 0.3) is 5.91 Å². The Balaban J connectivity index is 2.05. The number of aromatic hydroxyl groups is 1. The lowest BCUT2D eigenvalue weighted by Crippen LogP contribution is -2.29. The third-order valence-corrected chi connectivity index (χ3v) is 4.68. The van der Waals surface area contributed by atoms with Gasteiger partial charge in [0.1, 0.15) is 5.75 Å². The molecule has 0 aliphatic rings. The third-order valence-electron chi connectivity index (χ3n) is 4.68. The van der Waals surface area contributed by atoms with Crippen LogP contribution < -0.4 is 11.5 Å². The molecule has 0 bridgehead atoms. The van der Waals surface area contributed by atoms with Crippen molar-refractivity contribution in [2.24, 2.45) is 17.4 Å². The molecule has 2 amide bonds. The summed E-state index contributed by atoms with van der Waals surface area (Å²) in [6.45, 7) is 1.65. The summed E-state index contributed by atoms with van der Waals surface area (Å²) in [5.74, 6) is -2.00. The molecule has 2 rings (SSSR count). The molecule has 0 radical (unpaired) electrons. The number of nitrogens with two attached hydrogens (primary N) is 2. The van der Waals surface area contributed by atoms with Gasteiger partial charge in [-0.3, -0.25) is 9.59 Å². The number of benzene rings is 2. The predicted molar refractivity (Wildman–Crippen MR) is 103 cm³/mol. The Morgan fingerprint density at radius 3 is 2.33 bits per heavy atom. The minimum absolute atomic E-state index is 0.0119. The number of rotatable bonds is 9. The highest BCUT2D eigenvalue weighted by atomic mass is 16.3. The van der Waals surface area contributed by atoms with Gasteiger partial charge in [-0.15, -0.1) is 0 Å². The highest BCUT2D eigenvalue weighted by Crippen LogP contribution is 2.26. The van der Waals surface area contributed by atoms with Gasteiger partial charge < -0.3 is 21.7 Å². The van der Waals surface area contributed by atoms with Gasteiger partial charge in [-0.2, -0.15) is 0 Å². The molecule has 6 nitrogen and oxygen atoms in total. The zero-order chi connectivity index (χ0) is 20.0. The van der Waals surface area contributed by atoms with Crippen LogP contribution in [-0.4, -0.2) is 28.1 Å². The predicted octanol–water partition coefficient (Wildman–Crippen LogP) is 1.83. The molecule has 2 unspecified atom stereocenters. The minimum atomic E-state index is -0.740. The maximum absolute atomic E-state index is 11.9. The largest absolute Gasteiger partial charge is 0.507 e. The number of carbonyl (C=O) groups is 2. The summed E-state index contributed by atoms with van der Waals surface area (Å²) in [6.07, 6.45) is 1.05. The summed E-state index contributed by atoms with van der Waals surface area (Å²) >= 11 is 0. The number of hydrogen-bond acceptors (Lipinski definition) is 4. The van der Waals surface area contributed by atoms with E-state index in [1.807, 2.05) is 30.3 Å². The molecule has 0 aromatic heterocycles. The number of amides is 2. The number of hydrogen-bond donors (Lipinski definition) is 4. The standard InChI is InChI=1S/C21H26N2O4/c1-13-9-15(11-18(19(13)25)21(23)27)10-16(20(22)26)12-17(24)8-7-14-5-3-2-4-6-14/h2-6,9,11,16-17,24-25H,7-8,10,12H2,1H3,(H2,22,26)(H2,23,27). The summed E-state index contributed by atoms with van der Waals surface area (Å²) in [5, 5.41) is 20.3. The maximum atomic E-state index is 11.9. The fourth-order valence-electron chi connectivity index (χ4n) is 3.17. The van der Waals surface area contributed by atoms with Gasteiger partial charge in [-0.05, 0) is 55.4 Å². The molecule has 0 saturated carbocycles. The number of aliphatic hydroxyl groups is 1. The van der Waals surface area contributed by atoms with Crippen molar-refractivity contribution >= 4 is 11.8 Å². The van der Waals surface area contributed by atoms with Crippen molar-refractivity contribution in [2.75, 3.05) is 0 Å². The van der Waals surface area contributed by atoms with Crippen LogP contribution in [0.1, 0.15) is 39.9 Å². The van der Waals surface area contributed by atoms with Crippen LogP contribution >= 0.6 is 0 Å². The first-order chi connectivity index (χ1) is 12.8. The van der Waals surface area contributed by atoms with Gasteiger partial charge in [-0.25, -0.2) is 0 Å². The highest BCUT2D eigenvalue weighted by molar-refractivity contribution is 5.96. The van der Waals surface area contributed by atoms with Crippen LogP contribution in [0.4, 0.5) is 0 Å². The molecule has 0 aliphatic heterocycles. The summed E-state index contributed by atoms with van der Waals surface area (Å²) in [4.78, 5) is 23.3. The van der Waals surface area contributed by atoms with Crippen LogP contribution in [0.15, 0.2) is 42.5 Å². The van der Waals surface area contributed by atoms with Gasteiger partial charge >= 0.3 is 0 Å². The monoisotopic (exact) mass is 370 g/mol. The molecular formula is C21H26N2O4. The molecular weight excluding hydrogens is 344 g/mol. The lowest BCUT2D eigenvalue weighted by Gasteiger charge is -2.19. The van der Waals surface area contributed by atoms with E-state index in [4.69, 9.17) is 11.5 Å². The van der Waals surface area contributed by atoms with Crippen molar-refractivity contribution in [3.05, 3.63) is 64.7 Å². The van der Waals surface area contributed by atoms with Crippen LogP contribution in [0.5, 0.6) is 5.75 Å². The molecule has 0 heterocycles. The zero-order valence-electron chi connectivity index (χ0n) is 15.4. The van der Waals surface area contributed by atoms with Crippen molar-refractivity contribution in [2.45, 2.75) is 38.7 Å². The van der Waals surface area contributed by atoms with Crippen LogP contribution in [0.3, 0.4) is 0 Å². The maximum Gasteiger partial charge on any atom is 0.252 e. The van der Waals surface area contributed by atoms with E-state index in [2.05, 4.69) is 0 Å².